The number of fused-ring (bicyclic) bond motifs is 2. The van der Waals surface area contributed by atoms with Crippen LogP contribution in [0.4, 0.5) is 42.0 Å². The highest BCUT2D eigenvalue weighted by Gasteiger charge is 2.29. The number of hydrogen-bond acceptors (Lipinski definition) is 10. The lowest BCUT2D eigenvalue weighted by Gasteiger charge is -2.35. The highest BCUT2D eigenvalue weighted by atomic mass is 31.1. The summed E-state index contributed by atoms with van der Waals surface area (Å²) < 4.78 is 57.1. The first kappa shape index (κ1) is 28.6. The standard InChI is InChI=1S/C28H27F3N9O2P/c1-16-13-20(22(42-15-28(29,30)31)14-21(16)40-11-9-39(2)10-12-40)36-27-37-25-17(5-6-34-25)26(38-27)35-19-4-3-18-23(24(19)43-41)33-8-7-32-18/h3-8,13-14H,9-12,15H2,1-2H3,(H3,34,35,36,37,38). The van der Waals surface area contributed by atoms with Gasteiger partial charge in [-0.2, -0.15) is 23.1 Å². The molecule has 1 aliphatic heterocycles. The van der Waals surface area contributed by atoms with Crippen molar-refractivity contribution in [3.63, 3.8) is 0 Å². The molecule has 0 amide bonds. The summed E-state index contributed by atoms with van der Waals surface area (Å²) in [4.78, 5) is 25.1. The van der Waals surface area contributed by atoms with Gasteiger partial charge in [-0.1, -0.05) is 0 Å². The van der Waals surface area contributed by atoms with Crippen LogP contribution in [0.25, 0.3) is 22.1 Å². The summed E-state index contributed by atoms with van der Waals surface area (Å²) in [5.74, 6) is 0.523. The van der Waals surface area contributed by atoms with Crippen molar-refractivity contribution in [2.45, 2.75) is 13.1 Å². The molecular weight excluding hydrogens is 582 g/mol. The van der Waals surface area contributed by atoms with E-state index in [1.54, 1.807) is 42.7 Å². The number of nitrogens with one attached hydrogen (secondary N) is 3. The van der Waals surface area contributed by atoms with Crippen LogP contribution >= 0.6 is 8.46 Å². The van der Waals surface area contributed by atoms with E-state index in [-0.39, 0.29) is 25.8 Å². The Hall–Kier alpha value is -4.55. The number of alkyl halides is 3. The zero-order chi connectivity index (χ0) is 30.1. The van der Waals surface area contributed by atoms with Gasteiger partial charge in [-0.3, -0.25) is 14.5 Å². The number of hydrogen-bond donors (Lipinski definition) is 3. The molecule has 43 heavy (non-hydrogen) atoms. The van der Waals surface area contributed by atoms with E-state index < -0.39 is 12.8 Å². The van der Waals surface area contributed by atoms with Crippen LogP contribution in [-0.2, 0) is 4.57 Å². The molecule has 0 unspecified atom stereocenters. The molecule has 6 rings (SSSR count). The first-order valence-corrected chi connectivity index (χ1v) is 14.2. The molecule has 3 N–H and O–H groups in total. The molecule has 0 radical (unpaired) electrons. The van der Waals surface area contributed by atoms with Crippen molar-refractivity contribution in [3.8, 4) is 5.75 Å². The molecule has 0 saturated carbocycles. The van der Waals surface area contributed by atoms with Crippen molar-refractivity contribution in [1.29, 1.82) is 0 Å². The van der Waals surface area contributed by atoms with E-state index >= 15 is 0 Å². The molecule has 11 nitrogen and oxygen atoms in total. The van der Waals surface area contributed by atoms with Crippen molar-refractivity contribution in [1.82, 2.24) is 29.8 Å². The maximum Gasteiger partial charge on any atom is 0.422 e. The number of benzene rings is 2. The number of aromatic nitrogens is 5. The Balaban J connectivity index is 1.37. The second kappa shape index (κ2) is 11.6. The number of aryl methyl sites for hydroxylation is 1. The number of nitrogens with zero attached hydrogens (tertiary/aromatic N) is 6. The van der Waals surface area contributed by atoms with E-state index in [9.17, 15) is 17.7 Å². The minimum Gasteiger partial charge on any atom is -0.482 e. The quantitative estimate of drug-likeness (QED) is 0.200. The topological polar surface area (TPSA) is 124 Å². The lowest BCUT2D eigenvalue weighted by molar-refractivity contribution is -0.153. The number of likely N-dealkylation sites (N-methyl/N-ethyl adjacent to an activating group) is 1. The van der Waals surface area contributed by atoms with Crippen LogP contribution in [0.1, 0.15) is 5.56 Å². The van der Waals surface area contributed by atoms with Crippen LogP contribution in [0.5, 0.6) is 5.75 Å². The fourth-order valence-corrected chi connectivity index (χ4v) is 5.49. The highest BCUT2D eigenvalue weighted by Crippen LogP contribution is 2.37. The molecular formula is C28H27F3N9O2P. The maximum absolute atomic E-state index is 13.2. The van der Waals surface area contributed by atoms with E-state index in [2.05, 4.69) is 45.4 Å². The summed E-state index contributed by atoms with van der Waals surface area (Å²) in [5.41, 5.74) is 4.00. The van der Waals surface area contributed by atoms with Gasteiger partial charge in [0.1, 0.15) is 22.7 Å². The third-order valence-corrected chi connectivity index (χ3v) is 7.79. The molecule has 0 atom stereocenters. The fraction of sp³-hybridized carbons (Fsp3) is 0.286. The van der Waals surface area contributed by atoms with Crippen molar-refractivity contribution >= 4 is 64.7 Å². The van der Waals surface area contributed by atoms with Gasteiger partial charge < -0.3 is 30.2 Å². The predicted octanol–water partition coefficient (Wildman–Crippen LogP) is 5.31. The van der Waals surface area contributed by atoms with E-state index in [1.165, 1.54) is 6.20 Å². The monoisotopic (exact) mass is 609 g/mol. The van der Waals surface area contributed by atoms with E-state index in [0.717, 1.165) is 37.4 Å². The van der Waals surface area contributed by atoms with Gasteiger partial charge in [0.15, 0.2) is 15.1 Å². The lowest BCUT2D eigenvalue weighted by atomic mass is 10.1. The fourth-order valence-electron chi connectivity index (χ4n) is 5.00. The smallest absolute Gasteiger partial charge is 0.422 e. The summed E-state index contributed by atoms with van der Waals surface area (Å²) in [5, 5.41) is 7.34. The minimum atomic E-state index is -4.52. The highest BCUT2D eigenvalue weighted by molar-refractivity contribution is 7.35. The average Bonchev–Trinajstić information content (AvgIpc) is 3.46. The predicted molar refractivity (Wildman–Crippen MR) is 160 cm³/mol. The zero-order valence-electron chi connectivity index (χ0n) is 23.2. The number of halogens is 3. The van der Waals surface area contributed by atoms with Crippen LogP contribution in [0.15, 0.2) is 48.9 Å². The molecule has 1 fully saturated rings. The molecule has 2 aromatic carbocycles. The first-order chi connectivity index (χ1) is 20.7. The number of aromatic amines is 1. The van der Waals surface area contributed by atoms with E-state index in [0.29, 0.717) is 38.9 Å². The van der Waals surface area contributed by atoms with Crippen LogP contribution in [0.2, 0.25) is 0 Å². The molecule has 4 heterocycles. The Bertz CT molecular complexity index is 1810. The van der Waals surface area contributed by atoms with Gasteiger partial charge in [0.05, 0.1) is 27.6 Å². The number of piperazine rings is 1. The van der Waals surface area contributed by atoms with Gasteiger partial charge in [-0.25, -0.2) is 0 Å². The molecule has 3 aromatic heterocycles. The van der Waals surface area contributed by atoms with Gasteiger partial charge >= 0.3 is 6.18 Å². The van der Waals surface area contributed by atoms with Crippen LogP contribution in [0, 0.1) is 6.92 Å². The zero-order valence-corrected chi connectivity index (χ0v) is 24.1. The summed E-state index contributed by atoms with van der Waals surface area (Å²) in [6, 6.07) is 8.64. The van der Waals surface area contributed by atoms with Crippen LogP contribution < -0.4 is 25.6 Å². The Morgan fingerprint density at radius 2 is 1.81 bits per heavy atom. The van der Waals surface area contributed by atoms with Crippen molar-refractivity contribution in [2.24, 2.45) is 0 Å². The van der Waals surface area contributed by atoms with Gasteiger partial charge in [-0.15, -0.1) is 0 Å². The lowest BCUT2D eigenvalue weighted by Crippen LogP contribution is -2.44. The molecule has 222 valence electrons. The largest absolute Gasteiger partial charge is 0.482 e. The molecule has 0 aliphatic carbocycles. The normalized spacial score (nSPS) is 14.5. The number of rotatable bonds is 8. The molecule has 0 bridgehead atoms. The molecule has 1 saturated heterocycles. The summed E-state index contributed by atoms with van der Waals surface area (Å²) >= 11 is 0. The molecule has 15 heteroatoms. The van der Waals surface area contributed by atoms with Gasteiger partial charge in [0.2, 0.25) is 5.95 Å². The average molecular weight is 610 g/mol. The van der Waals surface area contributed by atoms with E-state index in [1.807, 2.05) is 14.0 Å². The van der Waals surface area contributed by atoms with Gasteiger partial charge in [0.25, 0.3) is 0 Å². The van der Waals surface area contributed by atoms with Crippen molar-refractivity contribution < 1.29 is 22.5 Å². The SMILES string of the molecule is Cc1cc(Nc2nc(Nc3ccc4nccnc4c3P=O)c3cc[nH]c3n2)c(OCC(F)(F)F)cc1N1CCN(C)CC1. The van der Waals surface area contributed by atoms with Crippen LogP contribution in [0.3, 0.4) is 0 Å². The van der Waals surface area contributed by atoms with Crippen LogP contribution in [-0.4, -0.2) is 75.8 Å². The number of anilines is 5. The minimum absolute atomic E-state index is 0.0297. The molecule has 0 spiro atoms. The third-order valence-electron chi connectivity index (χ3n) is 7.15. The Morgan fingerprint density at radius 1 is 1.02 bits per heavy atom. The second-order valence-electron chi connectivity index (χ2n) is 10.2. The summed E-state index contributed by atoms with van der Waals surface area (Å²) in [7, 11) is 1.77. The Morgan fingerprint density at radius 3 is 2.58 bits per heavy atom. The second-order valence-corrected chi connectivity index (χ2v) is 10.8. The number of H-pyrrole nitrogens is 1. The van der Waals surface area contributed by atoms with Gasteiger partial charge in [0, 0.05) is 56.5 Å². The summed E-state index contributed by atoms with van der Waals surface area (Å²) in [6.07, 6.45) is 0.252. The summed E-state index contributed by atoms with van der Waals surface area (Å²) in [6.45, 7) is 3.63. The Labute approximate surface area is 245 Å². The van der Waals surface area contributed by atoms with Crippen molar-refractivity contribution in [3.05, 3.63) is 54.5 Å². The maximum atomic E-state index is 13.2. The molecule has 5 aromatic rings. The Kier molecular flexibility index (Phi) is 7.72. The third kappa shape index (κ3) is 6.15. The first-order valence-electron chi connectivity index (χ1n) is 13.4. The number of ether oxygens (including phenoxy) is 1. The molecule has 1 aliphatic rings. The van der Waals surface area contributed by atoms with Gasteiger partial charge in [-0.05, 0) is 43.8 Å². The van der Waals surface area contributed by atoms with Crippen molar-refractivity contribution in [2.75, 3.05) is 55.4 Å². The van der Waals surface area contributed by atoms with E-state index in [4.69, 9.17) is 4.74 Å².